The van der Waals surface area contributed by atoms with Crippen molar-refractivity contribution in [3.05, 3.63) is 34.3 Å². The maximum absolute atomic E-state index is 6.23. The van der Waals surface area contributed by atoms with Crippen molar-refractivity contribution >= 4 is 28.8 Å². The van der Waals surface area contributed by atoms with Crippen LogP contribution in [-0.2, 0) is 6.54 Å². The summed E-state index contributed by atoms with van der Waals surface area (Å²) in [4.78, 5) is 2.71. The molecule has 0 bridgehead atoms. The van der Waals surface area contributed by atoms with Crippen LogP contribution in [0.15, 0.2) is 18.2 Å². The van der Waals surface area contributed by atoms with Crippen molar-refractivity contribution in [2.45, 2.75) is 19.4 Å². The first-order chi connectivity index (χ1) is 8.06. The quantitative estimate of drug-likeness (QED) is 0.833. The van der Waals surface area contributed by atoms with E-state index in [2.05, 4.69) is 11.9 Å². The molecule has 2 rings (SSSR count). The van der Waals surface area contributed by atoms with Gasteiger partial charge in [-0.1, -0.05) is 36.0 Å². The van der Waals surface area contributed by atoms with Crippen LogP contribution in [0.1, 0.15) is 24.0 Å². The number of halogens is 1. The molecule has 0 aromatic heterocycles. The van der Waals surface area contributed by atoms with Crippen molar-refractivity contribution in [2.24, 2.45) is 11.7 Å². The summed E-state index contributed by atoms with van der Waals surface area (Å²) < 4.78 is 0. The fraction of sp³-hybridized carbons (Fsp3) is 0.462. The molecule has 0 spiro atoms. The summed E-state index contributed by atoms with van der Waals surface area (Å²) in [5.74, 6) is 0.898. The Kier molecular flexibility index (Phi) is 4.02. The number of nitrogens with zero attached hydrogens (tertiary/aromatic N) is 1. The lowest BCUT2D eigenvalue weighted by Gasteiger charge is -2.17. The van der Waals surface area contributed by atoms with E-state index in [1.165, 1.54) is 12.8 Å². The molecule has 17 heavy (non-hydrogen) atoms. The number of nitrogens with two attached hydrogens (primary N) is 1. The van der Waals surface area contributed by atoms with Crippen LogP contribution in [0.5, 0.6) is 0 Å². The van der Waals surface area contributed by atoms with E-state index in [1.807, 2.05) is 18.2 Å². The standard InChI is InChI=1S/C13H17ClN2S/c1-16(7-9-2-3-9)8-11-5-4-10(13(15)17)6-12(11)14/h4-6,9H,2-3,7-8H2,1H3,(H2,15,17). The van der Waals surface area contributed by atoms with Crippen LogP contribution in [0.4, 0.5) is 0 Å². The Bertz CT molecular complexity index is 429. The summed E-state index contributed by atoms with van der Waals surface area (Å²) in [5.41, 5.74) is 7.54. The summed E-state index contributed by atoms with van der Waals surface area (Å²) in [6, 6.07) is 5.80. The maximum atomic E-state index is 6.23. The van der Waals surface area contributed by atoms with Crippen LogP contribution in [0, 0.1) is 5.92 Å². The molecule has 1 aromatic carbocycles. The Balaban J connectivity index is 2.02. The zero-order valence-electron chi connectivity index (χ0n) is 9.95. The molecule has 1 aromatic rings. The Morgan fingerprint density at radius 3 is 2.76 bits per heavy atom. The fourth-order valence-electron chi connectivity index (χ4n) is 1.93. The molecule has 0 unspecified atom stereocenters. The largest absolute Gasteiger partial charge is 0.389 e. The van der Waals surface area contributed by atoms with E-state index in [9.17, 15) is 0 Å². The number of hydrogen-bond donors (Lipinski definition) is 1. The molecule has 0 saturated heterocycles. The number of rotatable bonds is 5. The van der Waals surface area contributed by atoms with Gasteiger partial charge in [-0.25, -0.2) is 0 Å². The lowest BCUT2D eigenvalue weighted by molar-refractivity contribution is 0.313. The number of hydrogen-bond acceptors (Lipinski definition) is 2. The molecule has 1 saturated carbocycles. The molecule has 1 aliphatic rings. The third-order valence-electron chi connectivity index (χ3n) is 3.04. The zero-order valence-corrected chi connectivity index (χ0v) is 11.5. The molecular formula is C13H17ClN2S. The average molecular weight is 269 g/mol. The summed E-state index contributed by atoms with van der Waals surface area (Å²) in [6.07, 6.45) is 2.75. The topological polar surface area (TPSA) is 29.3 Å². The van der Waals surface area contributed by atoms with Crippen molar-refractivity contribution in [3.8, 4) is 0 Å². The molecule has 0 amide bonds. The SMILES string of the molecule is CN(Cc1ccc(C(N)=S)cc1Cl)CC1CC1. The summed E-state index contributed by atoms with van der Waals surface area (Å²) in [7, 11) is 2.14. The Morgan fingerprint density at radius 2 is 2.24 bits per heavy atom. The molecule has 0 aliphatic heterocycles. The highest BCUT2D eigenvalue weighted by Crippen LogP contribution is 2.30. The first kappa shape index (κ1) is 12.8. The second-order valence-corrected chi connectivity index (χ2v) is 5.66. The van der Waals surface area contributed by atoms with E-state index in [4.69, 9.17) is 29.6 Å². The van der Waals surface area contributed by atoms with Gasteiger partial charge in [-0.3, -0.25) is 0 Å². The van der Waals surface area contributed by atoms with Gasteiger partial charge in [0, 0.05) is 23.7 Å². The van der Waals surface area contributed by atoms with Gasteiger partial charge in [-0.2, -0.15) is 0 Å². The van der Waals surface area contributed by atoms with Crippen LogP contribution in [-0.4, -0.2) is 23.5 Å². The van der Waals surface area contributed by atoms with Crippen LogP contribution >= 0.6 is 23.8 Å². The van der Waals surface area contributed by atoms with Crippen LogP contribution in [0.3, 0.4) is 0 Å². The molecular weight excluding hydrogens is 252 g/mol. The average Bonchev–Trinajstić information content (AvgIpc) is 3.04. The first-order valence-corrected chi connectivity index (χ1v) is 6.61. The van der Waals surface area contributed by atoms with Gasteiger partial charge in [0.25, 0.3) is 0 Å². The summed E-state index contributed by atoms with van der Waals surface area (Å²) >= 11 is 11.2. The molecule has 2 N–H and O–H groups in total. The van der Waals surface area contributed by atoms with E-state index < -0.39 is 0 Å². The Hall–Kier alpha value is -0.640. The highest BCUT2D eigenvalue weighted by atomic mass is 35.5. The predicted octanol–water partition coefficient (Wildman–Crippen LogP) is 2.82. The fourth-order valence-corrected chi connectivity index (χ4v) is 2.29. The molecule has 1 fully saturated rings. The van der Waals surface area contributed by atoms with Crippen molar-refractivity contribution in [1.82, 2.24) is 4.90 Å². The van der Waals surface area contributed by atoms with Gasteiger partial charge < -0.3 is 10.6 Å². The van der Waals surface area contributed by atoms with Crippen molar-refractivity contribution in [1.29, 1.82) is 0 Å². The van der Waals surface area contributed by atoms with Crippen LogP contribution < -0.4 is 5.73 Å². The lowest BCUT2D eigenvalue weighted by atomic mass is 10.1. The summed E-state index contributed by atoms with van der Waals surface area (Å²) in [5, 5.41) is 0.748. The summed E-state index contributed by atoms with van der Waals surface area (Å²) in [6.45, 7) is 2.04. The van der Waals surface area contributed by atoms with Crippen molar-refractivity contribution in [3.63, 3.8) is 0 Å². The van der Waals surface area contributed by atoms with Crippen LogP contribution in [0.25, 0.3) is 0 Å². The Morgan fingerprint density at radius 1 is 1.53 bits per heavy atom. The van der Waals surface area contributed by atoms with Gasteiger partial charge >= 0.3 is 0 Å². The van der Waals surface area contributed by atoms with Gasteiger partial charge in [0.2, 0.25) is 0 Å². The van der Waals surface area contributed by atoms with Crippen molar-refractivity contribution in [2.75, 3.05) is 13.6 Å². The highest BCUT2D eigenvalue weighted by molar-refractivity contribution is 7.80. The van der Waals surface area contributed by atoms with E-state index in [1.54, 1.807) is 0 Å². The third-order valence-corrected chi connectivity index (χ3v) is 3.63. The second-order valence-electron chi connectivity index (χ2n) is 4.81. The first-order valence-electron chi connectivity index (χ1n) is 5.83. The van der Waals surface area contributed by atoms with Gasteiger partial charge in [0.1, 0.15) is 4.99 Å². The Labute approximate surface area is 113 Å². The van der Waals surface area contributed by atoms with E-state index in [0.717, 1.165) is 35.2 Å². The smallest absolute Gasteiger partial charge is 0.104 e. The molecule has 92 valence electrons. The molecule has 4 heteroatoms. The number of benzene rings is 1. The van der Waals surface area contributed by atoms with Gasteiger partial charge in [-0.05, 0) is 37.4 Å². The van der Waals surface area contributed by atoms with Gasteiger partial charge in [-0.15, -0.1) is 0 Å². The van der Waals surface area contributed by atoms with E-state index in [-0.39, 0.29) is 0 Å². The molecule has 1 aliphatic carbocycles. The van der Waals surface area contributed by atoms with E-state index in [0.29, 0.717) is 4.99 Å². The third kappa shape index (κ3) is 3.66. The zero-order chi connectivity index (χ0) is 12.4. The molecule has 0 radical (unpaired) electrons. The van der Waals surface area contributed by atoms with Crippen molar-refractivity contribution < 1.29 is 0 Å². The predicted molar refractivity (Wildman–Crippen MR) is 76.4 cm³/mol. The lowest BCUT2D eigenvalue weighted by Crippen LogP contribution is -2.20. The van der Waals surface area contributed by atoms with Gasteiger partial charge in [0.15, 0.2) is 0 Å². The molecule has 0 heterocycles. The minimum Gasteiger partial charge on any atom is -0.389 e. The van der Waals surface area contributed by atoms with E-state index >= 15 is 0 Å². The molecule has 2 nitrogen and oxygen atoms in total. The van der Waals surface area contributed by atoms with Gasteiger partial charge in [0.05, 0.1) is 0 Å². The second kappa shape index (κ2) is 5.34. The highest BCUT2D eigenvalue weighted by Gasteiger charge is 2.22. The van der Waals surface area contributed by atoms with Crippen LogP contribution in [0.2, 0.25) is 5.02 Å². The number of thiocarbonyl (C=S) groups is 1. The maximum Gasteiger partial charge on any atom is 0.104 e. The minimum absolute atomic E-state index is 0.393. The normalized spacial score (nSPS) is 15.2. The monoisotopic (exact) mass is 268 g/mol. The molecule has 0 atom stereocenters. The minimum atomic E-state index is 0.393.